The minimum absolute atomic E-state index is 0.0737. The van der Waals surface area contributed by atoms with Crippen molar-refractivity contribution in [2.45, 2.75) is 31.7 Å². The highest BCUT2D eigenvalue weighted by Crippen LogP contribution is 2.30. The number of rotatable bonds is 2. The summed E-state index contributed by atoms with van der Waals surface area (Å²) in [5.74, 6) is -1.82. The molecule has 0 bridgehead atoms. The molecule has 0 unspecified atom stereocenters. The van der Waals surface area contributed by atoms with Gasteiger partial charge in [-0.2, -0.15) is 0 Å². The van der Waals surface area contributed by atoms with E-state index in [9.17, 15) is 13.6 Å². The Bertz CT molecular complexity index is 688. The van der Waals surface area contributed by atoms with Crippen molar-refractivity contribution in [2.75, 3.05) is 5.32 Å². The molecule has 1 aromatic heterocycles. The van der Waals surface area contributed by atoms with E-state index < -0.39 is 11.6 Å². The fraction of sp³-hybridized carbons (Fsp3) is 0.429. The summed E-state index contributed by atoms with van der Waals surface area (Å²) in [6.07, 6.45) is 3.60. The first-order chi connectivity index (χ1) is 10.0. The van der Waals surface area contributed by atoms with Crippen molar-refractivity contribution in [3.05, 3.63) is 23.8 Å². The van der Waals surface area contributed by atoms with Crippen LogP contribution >= 0.6 is 11.3 Å². The molecule has 3 rings (SSSR count). The lowest BCUT2D eigenvalue weighted by Crippen LogP contribution is -2.40. The summed E-state index contributed by atoms with van der Waals surface area (Å²) in [7, 11) is 0. The van der Waals surface area contributed by atoms with E-state index >= 15 is 0 Å². The van der Waals surface area contributed by atoms with Crippen molar-refractivity contribution in [1.82, 2.24) is 4.98 Å². The molecule has 1 saturated carbocycles. The number of benzene rings is 1. The van der Waals surface area contributed by atoms with Crippen molar-refractivity contribution in [3.63, 3.8) is 0 Å². The number of anilines is 1. The first kappa shape index (κ1) is 14.3. The van der Waals surface area contributed by atoms with E-state index in [0.29, 0.717) is 4.70 Å². The fourth-order valence-electron chi connectivity index (χ4n) is 2.69. The van der Waals surface area contributed by atoms with Crippen molar-refractivity contribution < 1.29 is 13.6 Å². The molecule has 0 saturated heterocycles. The zero-order valence-corrected chi connectivity index (χ0v) is 12.1. The molecule has 1 fully saturated rings. The molecular weight excluding hydrogens is 296 g/mol. The normalized spacial score (nSPS) is 22.4. The third-order valence-corrected chi connectivity index (χ3v) is 4.72. The number of hydrogen-bond donors (Lipinski definition) is 2. The Morgan fingerprint density at radius 1 is 1.33 bits per heavy atom. The van der Waals surface area contributed by atoms with Gasteiger partial charge in [0.15, 0.2) is 10.9 Å². The molecular formula is C14H15F2N3OS. The van der Waals surface area contributed by atoms with Gasteiger partial charge in [-0.1, -0.05) is 24.2 Å². The van der Waals surface area contributed by atoms with Gasteiger partial charge < -0.3 is 11.1 Å². The summed E-state index contributed by atoms with van der Waals surface area (Å²) >= 11 is 1.06. The SMILES string of the molecule is N[C@@H]1CCCC[C@@H]1C(=O)Nc1nc2c(F)cc(F)cc2s1. The quantitative estimate of drug-likeness (QED) is 0.896. The smallest absolute Gasteiger partial charge is 0.230 e. The molecule has 3 N–H and O–H groups in total. The van der Waals surface area contributed by atoms with Crippen LogP contribution in [0, 0.1) is 17.6 Å². The predicted molar refractivity (Wildman–Crippen MR) is 78.1 cm³/mol. The van der Waals surface area contributed by atoms with Crippen LogP contribution in [0.1, 0.15) is 25.7 Å². The van der Waals surface area contributed by atoms with Crippen LogP contribution in [0.3, 0.4) is 0 Å². The summed E-state index contributed by atoms with van der Waals surface area (Å²) in [4.78, 5) is 16.2. The minimum atomic E-state index is -0.726. The third kappa shape index (κ3) is 2.89. The van der Waals surface area contributed by atoms with E-state index in [2.05, 4.69) is 10.3 Å². The zero-order chi connectivity index (χ0) is 15.0. The second-order valence-electron chi connectivity index (χ2n) is 5.30. The summed E-state index contributed by atoms with van der Waals surface area (Å²) in [5.41, 5.74) is 6.04. The molecule has 0 aliphatic heterocycles. The average molecular weight is 311 g/mol. The van der Waals surface area contributed by atoms with Crippen LogP contribution in [0.2, 0.25) is 0 Å². The lowest BCUT2D eigenvalue weighted by Gasteiger charge is -2.26. The van der Waals surface area contributed by atoms with Gasteiger partial charge in [0.2, 0.25) is 5.91 Å². The monoisotopic (exact) mass is 311 g/mol. The van der Waals surface area contributed by atoms with Crippen LogP contribution in [0.5, 0.6) is 0 Å². The van der Waals surface area contributed by atoms with E-state index in [1.165, 1.54) is 6.07 Å². The lowest BCUT2D eigenvalue weighted by atomic mass is 9.84. The molecule has 1 aliphatic carbocycles. The maximum absolute atomic E-state index is 13.6. The lowest BCUT2D eigenvalue weighted by molar-refractivity contribution is -0.121. The number of carbonyl (C=O) groups excluding carboxylic acids is 1. The number of thiazole rings is 1. The van der Waals surface area contributed by atoms with E-state index in [0.717, 1.165) is 43.1 Å². The van der Waals surface area contributed by atoms with Gasteiger partial charge in [-0.25, -0.2) is 13.8 Å². The van der Waals surface area contributed by atoms with Crippen molar-refractivity contribution >= 4 is 32.6 Å². The number of nitrogens with two attached hydrogens (primary N) is 1. The second-order valence-corrected chi connectivity index (χ2v) is 6.33. The van der Waals surface area contributed by atoms with Crippen LogP contribution in [0.25, 0.3) is 10.2 Å². The largest absolute Gasteiger partial charge is 0.327 e. The van der Waals surface area contributed by atoms with E-state index in [-0.39, 0.29) is 28.5 Å². The Kier molecular flexibility index (Phi) is 3.86. The molecule has 4 nitrogen and oxygen atoms in total. The van der Waals surface area contributed by atoms with Crippen LogP contribution < -0.4 is 11.1 Å². The Hall–Kier alpha value is -1.60. The zero-order valence-electron chi connectivity index (χ0n) is 11.2. The molecule has 112 valence electrons. The number of amides is 1. The number of nitrogens with one attached hydrogen (secondary N) is 1. The summed E-state index contributed by atoms with van der Waals surface area (Å²) in [6.45, 7) is 0. The highest BCUT2D eigenvalue weighted by atomic mass is 32.1. The number of nitrogens with zero attached hydrogens (tertiary/aromatic N) is 1. The summed E-state index contributed by atoms with van der Waals surface area (Å²) in [6, 6.07) is 1.84. The maximum Gasteiger partial charge on any atom is 0.230 e. The highest BCUT2D eigenvalue weighted by Gasteiger charge is 2.28. The fourth-order valence-corrected chi connectivity index (χ4v) is 3.60. The molecule has 1 aliphatic rings. The molecule has 0 spiro atoms. The molecule has 21 heavy (non-hydrogen) atoms. The van der Waals surface area contributed by atoms with Gasteiger partial charge in [-0.15, -0.1) is 0 Å². The van der Waals surface area contributed by atoms with Gasteiger partial charge in [0, 0.05) is 12.1 Å². The standard InChI is InChI=1S/C14H15F2N3OS/c15-7-5-9(16)12-11(6-7)21-14(18-12)19-13(20)8-3-1-2-4-10(8)17/h5-6,8,10H,1-4,17H2,(H,18,19,20)/t8-,10+/m0/s1. The number of halogens is 2. The molecule has 2 atom stereocenters. The third-order valence-electron chi connectivity index (χ3n) is 3.80. The van der Waals surface area contributed by atoms with Crippen LogP contribution in [-0.4, -0.2) is 16.9 Å². The van der Waals surface area contributed by atoms with Crippen molar-refractivity contribution in [2.24, 2.45) is 11.7 Å². The first-order valence-corrected chi connectivity index (χ1v) is 7.68. The number of aromatic nitrogens is 1. The predicted octanol–water partition coefficient (Wildman–Crippen LogP) is 3.03. The number of hydrogen-bond acceptors (Lipinski definition) is 4. The first-order valence-electron chi connectivity index (χ1n) is 6.86. The van der Waals surface area contributed by atoms with Gasteiger partial charge >= 0.3 is 0 Å². The van der Waals surface area contributed by atoms with E-state index in [4.69, 9.17) is 5.73 Å². The average Bonchev–Trinajstić information content (AvgIpc) is 2.81. The van der Waals surface area contributed by atoms with E-state index in [1.54, 1.807) is 0 Å². The molecule has 1 aromatic carbocycles. The minimum Gasteiger partial charge on any atom is -0.327 e. The van der Waals surface area contributed by atoms with E-state index in [1.807, 2.05) is 0 Å². The molecule has 1 amide bonds. The van der Waals surface area contributed by atoms with Gasteiger partial charge in [-0.3, -0.25) is 4.79 Å². The van der Waals surface area contributed by atoms with Gasteiger partial charge in [-0.05, 0) is 18.9 Å². The Balaban J connectivity index is 1.81. The van der Waals surface area contributed by atoms with Crippen LogP contribution in [0.15, 0.2) is 12.1 Å². The second kappa shape index (κ2) is 5.65. The highest BCUT2D eigenvalue weighted by molar-refractivity contribution is 7.22. The van der Waals surface area contributed by atoms with Gasteiger partial charge in [0.1, 0.15) is 11.3 Å². The van der Waals surface area contributed by atoms with Crippen LogP contribution in [-0.2, 0) is 4.79 Å². The van der Waals surface area contributed by atoms with Crippen LogP contribution in [0.4, 0.5) is 13.9 Å². The number of carbonyl (C=O) groups is 1. The van der Waals surface area contributed by atoms with Crippen molar-refractivity contribution in [1.29, 1.82) is 0 Å². The Labute approximate surface area is 124 Å². The van der Waals surface area contributed by atoms with Crippen molar-refractivity contribution in [3.8, 4) is 0 Å². The summed E-state index contributed by atoms with van der Waals surface area (Å²) in [5, 5.41) is 2.95. The number of fused-ring (bicyclic) bond motifs is 1. The Morgan fingerprint density at radius 2 is 2.10 bits per heavy atom. The summed E-state index contributed by atoms with van der Waals surface area (Å²) < 4.78 is 27.1. The van der Waals surface area contributed by atoms with Gasteiger partial charge in [0.25, 0.3) is 0 Å². The van der Waals surface area contributed by atoms with Gasteiger partial charge in [0.05, 0.1) is 10.6 Å². The topological polar surface area (TPSA) is 68.0 Å². The molecule has 0 radical (unpaired) electrons. The molecule has 2 aromatic rings. The Morgan fingerprint density at radius 3 is 2.86 bits per heavy atom. The molecule has 7 heteroatoms. The molecule has 1 heterocycles. The maximum atomic E-state index is 13.6.